The van der Waals surface area contributed by atoms with Gasteiger partial charge >= 0.3 is 11.6 Å². The molecule has 0 aliphatic rings. The maximum atomic E-state index is 12.3. The standard InChI is InChI=1S/C15H15NO6/c1-8-12(14(18)22-15(2,3)4)11-7-9(16(19)20)5-6-10(11)13(17)21-8/h5-7H,1-4H3. The number of esters is 1. The molecule has 1 heterocycles. The van der Waals surface area contributed by atoms with Crippen molar-refractivity contribution < 1.29 is 18.9 Å². The molecule has 0 radical (unpaired) electrons. The normalized spacial score (nSPS) is 11.5. The summed E-state index contributed by atoms with van der Waals surface area (Å²) in [6.45, 7) is 6.54. The van der Waals surface area contributed by atoms with Crippen LogP contribution in [0.2, 0.25) is 0 Å². The maximum absolute atomic E-state index is 12.3. The van der Waals surface area contributed by atoms with E-state index in [2.05, 4.69) is 0 Å². The first-order valence-corrected chi connectivity index (χ1v) is 6.55. The van der Waals surface area contributed by atoms with Crippen LogP contribution in [0.25, 0.3) is 10.8 Å². The zero-order valence-electron chi connectivity index (χ0n) is 12.6. The van der Waals surface area contributed by atoms with E-state index in [1.165, 1.54) is 25.1 Å². The summed E-state index contributed by atoms with van der Waals surface area (Å²) in [7, 11) is 0. The fraction of sp³-hybridized carbons (Fsp3) is 0.333. The topological polar surface area (TPSA) is 99.6 Å². The third-order valence-electron chi connectivity index (χ3n) is 2.90. The van der Waals surface area contributed by atoms with E-state index >= 15 is 0 Å². The SMILES string of the molecule is Cc1oc(=O)c2ccc([N+](=O)[O-])cc2c1C(=O)OC(C)(C)C. The molecule has 0 fully saturated rings. The molecule has 1 aromatic carbocycles. The minimum atomic E-state index is -0.743. The van der Waals surface area contributed by atoms with Gasteiger partial charge in [0.15, 0.2) is 0 Å². The second-order valence-electron chi connectivity index (χ2n) is 5.81. The molecule has 0 bridgehead atoms. The van der Waals surface area contributed by atoms with Crippen LogP contribution in [0.5, 0.6) is 0 Å². The number of carbonyl (C=O) groups excluding carboxylic acids is 1. The largest absolute Gasteiger partial charge is 0.456 e. The molecular weight excluding hydrogens is 290 g/mol. The summed E-state index contributed by atoms with van der Waals surface area (Å²) in [5.74, 6) is -0.633. The number of hydrogen-bond acceptors (Lipinski definition) is 6. The maximum Gasteiger partial charge on any atom is 0.343 e. The number of non-ortho nitro benzene ring substituents is 1. The number of aryl methyl sites for hydroxylation is 1. The Hall–Kier alpha value is -2.70. The fourth-order valence-corrected chi connectivity index (χ4v) is 2.05. The van der Waals surface area contributed by atoms with Crippen LogP contribution in [-0.4, -0.2) is 16.5 Å². The van der Waals surface area contributed by atoms with Gasteiger partial charge in [-0.05, 0) is 33.8 Å². The van der Waals surface area contributed by atoms with E-state index in [9.17, 15) is 19.7 Å². The van der Waals surface area contributed by atoms with Gasteiger partial charge in [0.05, 0.1) is 10.3 Å². The summed E-state index contributed by atoms with van der Waals surface area (Å²) in [4.78, 5) is 34.5. The molecular formula is C15H15NO6. The first-order valence-electron chi connectivity index (χ1n) is 6.55. The van der Waals surface area contributed by atoms with Gasteiger partial charge in [0, 0.05) is 17.5 Å². The molecule has 22 heavy (non-hydrogen) atoms. The first-order chi connectivity index (χ1) is 10.1. The molecule has 0 unspecified atom stereocenters. The number of rotatable bonds is 2. The number of carbonyl (C=O) groups is 1. The second kappa shape index (κ2) is 5.25. The van der Waals surface area contributed by atoms with Gasteiger partial charge in [0.1, 0.15) is 16.9 Å². The molecule has 0 N–H and O–H groups in total. The predicted octanol–water partition coefficient (Wildman–Crippen LogP) is 2.96. The quantitative estimate of drug-likeness (QED) is 0.480. The third-order valence-corrected chi connectivity index (χ3v) is 2.90. The number of hydrogen-bond donors (Lipinski definition) is 0. The third kappa shape index (κ3) is 2.98. The van der Waals surface area contributed by atoms with Crippen molar-refractivity contribution in [2.45, 2.75) is 33.3 Å². The van der Waals surface area contributed by atoms with Crippen LogP contribution in [0, 0.1) is 17.0 Å². The summed E-state index contributed by atoms with van der Waals surface area (Å²) >= 11 is 0. The van der Waals surface area contributed by atoms with Crippen LogP contribution < -0.4 is 5.63 Å². The van der Waals surface area contributed by atoms with Gasteiger partial charge in [0.25, 0.3) is 5.69 Å². The summed E-state index contributed by atoms with van der Waals surface area (Å²) in [6, 6.07) is 3.64. The van der Waals surface area contributed by atoms with Crippen molar-refractivity contribution in [1.82, 2.24) is 0 Å². The molecule has 0 saturated carbocycles. The van der Waals surface area contributed by atoms with E-state index in [0.717, 1.165) is 0 Å². The van der Waals surface area contributed by atoms with E-state index in [1.54, 1.807) is 20.8 Å². The van der Waals surface area contributed by atoms with Crippen molar-refractivity contribution in [1.29, 1.82) is 0 Å². The minimum absolute atomic E-state index is 0.0215. The lowest BCUT2D eigenvalue weighted by atomic mass is 10.0. The molecule has 2 rings (SSSR count). The van der Waals surface area contributed by atoms with Crippen LogP contribution in [0.4, 0.5) is 5.69 Å². The van der Waals surface area contributed by atoms with E-state index in [0.29, 0.717) is 0 Å². The van der Waals surface area contributed by atoms with Gasteiger partial charge in [-0.15, -0.1) is 0 Å². The smallest absolute Gasteiger partial charge is 0.343 e. The number of benzene rings is 1. The molecule has 7 heteroatoms. The summed E-state index contributed by atoms with van der Waals surface area (Å²) in [5, 5.41) is 11.2. The Morgan fingerprint density at radius 1 is 1.27 bits per heavy atom. The second-order valence-corrected chi connectivity index (χ2v) is 5.81. The van der Waals surface area contributed by atoms with Gasteiger partial charge in [-0.1, -0.05) is 0 Å². The van der Waals surface area contributed by atoms with Crippen LogP contribution in [0.15, 0.2) is 27.4 Å². The van der Waals surface area contributed by atoms with E-state index in [-0.39, 0.29) is 27.8 Å². The summed E-state index contributed by atoms with van der Waals surface area (Å²) in [5.41, 5.74) is -1.60. The zero-order valence-corrected chi connectivity index (χ0v) is 12.6. The lowest BCUT2D eigenvalue weighted by molar-refractivity contribution is -0.384. The number of nitro groups is 1. The van der Waals surface area contributed by atoms with E-state index < -0.39 is 22.1 Å². The van der Waals surface area contributed by atoms with Crippen LogP contribution in [-0.2, 0) is 4.74 Å². The van der Waals surface area contributed by atoms with Crippen LogP contribution in [0.3, 0.4) is 0 Å². The molecule has 7 nitrogen and oxygen atoms in total. The average molecular weight is 305 g/mol. The molecule has 0 spiro atoms. The molecule has 0 atom stereocenters. The minimum Gasteiger partial charge on any atom is -0.456 e. The monoisotopic (exact) mass is 305 g/mol. The Labute approximate surface area is 125 Å². The molecule has 0 amide bonds. The fourth-order valence-electron chi connectivity index (χ4n) is 2.05. The molecule has 0 aliphatic carbocycles. The van der Waals surface area contributed by atoms with Crippen molar-refractivity contribution in [2.75, 3.05) is 0 Å². The van der Waals surface area contributed by atoms with Crippen LogP contribution in [0.1, 0.15) is 36.9 Å². The highest BCUT2D eigenvalue weighted by Gasteiger charge is 2.25. The number of nitrogens with zero attached hydrogens (tertiary/aromatic N) is 1. The van der Waals surface area contributed by atoms with Crippen molar-refractivity contribution in [2.24, 2.45) is 0 Å². The zero-order chi connectivity index (χ0) is 16.7. The Morgan fingerprint density at radius 3 is 2.45 bits per heavy atom. The highest BCUT2D eigenvalue weighted by atomic mass is 16.6. The lowest BCUT2D eigenvalue weighted by Crippen LogP contribution is -2.25. The number of nitro benzene ring substituents is 1. The molecule has 1 aromatic heterocycles. The van der Waals surface area contributed by atoms with Gasteiger partial charge < -0.3 is 9.15 Å². The van der Waals surface area contributed by atoms with Gasteiger partial charge in [-0.2, -0.15) is 0 Å². The Balaban J connectivity index is 2.76. The average Bonchev–Trinajstić information content (AvgIpc) is 2.35. The Kier molecular flexibility index (Phi) is 3.74. The van der Waals surface area contributed by atoms with E-state index in [4.69, 9.17) is 9.15 Å². The van der Waals surface area contributed by atoms with Gasteiger partial charge in [0.2, 0.25) is 0 Å². The van der Waals surface area contributed by atoms with Gasteiger partial charge in [-0.25, -0.2) is 9.59 Å². The highest BCUT2D eigenvalue weighted by molar-refractivity contribution is 6.05. The summed E-state index contributed by atoms with van der Waals surface area (Å²) < 4.78 is 10.3. The predicted molar refractivity (Wildman–Crippen MR) is 79.0 cm³/mol. The van der Waals surface area contributed by atoms with Crippen molar-refractivity contribution >= 4 is 22.4 Å². The van der Waals surface area contributed by atoms with Crippen LogP contribution >= 0.6 is 0 Å². The number of ether oxygens (including phenoxy) is 1. The van der Waals surface area contributed by atoms with E-state index in [1.807, 2.05) is 0 Å². The molecule has 0 saturated heterocycles. The number of fused-ring (bicyclic) bond motifs is 1. The summed E-state index contributed by atoms with van der Waals surface area (Å²) in [6.07, 6.45) is 0. The van der Waals surface area contributed by atoms with Crippen molar-refractivity contribution in [3.63, 3.8) is 0 Å². The Bertz CT molecular complexity index is 828. The first kappa shape index (κ1) is 15.7. The van der Waals surface area contributed by atoms with Crippen molar-refractivity contribution in [3.8, 4) is 0 Å². The van der Waals surface area contributed by atoms with Crippen molar-refractivity contribution in [3.05, 3.63) is 50.1 Å². The molecule has 0 aliphatic heterocycles. The Morgan fingerprint density at radius 2 is 1.91 bits per heavy atom. The molecule has 2 aromatic rings. The van der Waals surface area contributed by atoms with Gasteiger partial charge in [-0.3, -0.25) is 10.1 Å². The molecule has 116 valence electrons. The highest BCUT2D eigenvalue weighted by Crippen LogP contribution is 2.26. The lowest BCUT2D eigenvalue weighted by Gasteiger charge is -2.20.